The van der Waals surface area contributed by atoms with Crippen LogP contribution >= 0.6 is 11.6 Å². The molecule has 0 unspecified atom stereocenters. The number of rotatable bonds is 5. The van der Waals surface area contributed by atoms with E-state index in [4.69, 9.17) is 16.3 Å². The van der Waals surface area contributed by atoms with Crippen molar-refractivity contribution in [3.8, 4) is 0 Å². The minimum Gasteiger partial charge on any atom is -0.452 e. The summed E-state index contributed by atoms with van der Waals surface area (Å²) in [7, 11) is 1.71. The Morgan fingerprint density at radius 1 is 1.17 bits per heavy atom. The minimum absolute atomic E-state index is 0.373. The van der Waals surface area contributed by atoms with E-state index in [1.165, 1.54) is 0 Å². The maximum atomic E-state index is 12.0. The summed E-state index contributed by atoms with van der Waals surface area (Å²) in [6.45, 7) is 1.50. The molecule has 0 aliphatic rings. The highest BCUT2D eigenvalue weighted by Crippen LogP contribution is 2.20. The number of benzene rings is 2. The Balaban J connectivity index is 1.93. The lowest BCUT2D eigenvalue weighted by Crippen LogP contribution is -2.21. The van der Waals surface area contributed by atoms with Gasteiger partial charge in [-0.15, -0.1) is 0 Å². The van der Waals surface area contributed by atoms with Crippen molar-refractivity contribution in [3.05, 3.63) is 58.6 Å². The molecule has 0 saturated carbocycles. The lowest BCUT2D eigenvalue weighted by atomic mass is 10.2. The van der Waals surface area contributed by atoms with Crippen LogP contribution in [0.3, 0.4) is 0 Å². The van der Waals surface area contributed by atoms with Gasteiger partial charge in [0.15, 0.2) is 6.61 Å². The highest BCUT2D eigenvalue weighted by atomic mass is 35.5. The first-order chi connectivity index (χ1) is 11.0. The fourth-order valence-electron chi connectivity index (χ4n) is 1.96. The number of para-hydroxylation sites is 1. The van der Waals surface area contributed by atoms with Crippen molar-refractivity contribution in [1.29, 1.82) is 0 Å². The summed E-state index contributed by atoms with van der Waals surface area (Å²) in [6, 6.07) is 12.1. The monoisotopic (exact) mass is 332 g/mol. The third-order valence-corrected chi connectivity index (χ3v) is 3.61. The van der Waals surface area contributed by atoms with Crippen LogP contribution in [0.15, 0.2) is 42.5 Å². The standard InChI is InChI=1S/C17H17ClN2O3/c1-11-7-8-12(9-14(11)18)20-16(21)10-23-17(22)13-5-3-4-6-15(13)19-2/h3-9,19H,10H2,1-2H3,(H,20,21). The summed E-state index contributed by atoms with van der Waals surface area (Å²) in [5.41, 5.74) is 2.49. The number of hydrogen-bond acceptors (Lipinski definition) is 4. The van der Waals surface area contributed by atoms with Gasteiger partial charge in [0.05, 0.1) is 5.56 Å². The molecule has 6 heteroatoms. The summed E-state index contributed by atoms with van der Waals surface area (Å²) in [5.74, 6) is -0.993. The SMILES string of the molecule is CNc1ccccc1C(=O)OCC(=O)Nc1ccc(C)c(Cl)c1. The highest BCUT2D eigenvalue weighted by molar-refractivity contribution is 6.31. The number of esters is 1. The van der Waals surface area contributed by atoms with Crippen molar-refractivity contribution in [2.45, 2.75) is 6.92 Å². The molecule has 5 nitrogen and oxygen atoms in total. The molecule has 0 aromatic heterocycles. The number of nitrogens with one attached hydrogen (secondary N) is 2. The van der Waals surface area contributed by atoms with Crippen LogP contribution in [0.25, 0.3) is 0 Å². The smallest absolute Gasteiger partial charge is 0.340 e. The van der Waals surface area contributed by atoms with Crippen LogP contribution in [0.1, 0.15) is 15.9 Å². The normalized spacial score (nSPS) is 10.0. The predicted molar refractivity (Wildman–Crippen MR) is 91.1 cm³/mol. The second kappa shape index (κ2) is 7.65. The van der Waals surface area contributed by atoms with Gasteiger partial charge in [0.2, 0.25) is 0 Å². The Hall–Kier alpha value is -2.53. The summed E-state index contributed by atoms with van der Waals surface area (Å²) < 4.78 is 5.03. The van der Waals surface area contributed by atoms with E-state index in [1.807, 2.05) is 6.92 Å². The Morgan fingerprint density at radius 2 is 1.91 bits per heavy atom. The van der Waals surface area contributed by atoms with Gasteiger partial charge in [-0.3, -0.25) is 4.79 Å². The summed E-state index contributed by atoms with van der Waals surface area (Å²) in [5, 5.41) is 6.09. The van der Waals surface area contributed by atoms with Crippen molar-refractivity contribution < 1.29 is 14.3 Å². The number of aryl methyl sites for hydroxylation is 1. The molecule has 120 valence electrons. The number of halogens is 1. The van der Waals surface area contributed by atoms with Crippen molar-refractivity contribution in [1.82, 2.24) is 0 Å². The molecular weight excluding hydrogens is 316 g/mol. The van der Waals surface area contributed by atoms with E-state index in [0.717, 1.165) is 5.56 Å². The van der Waals surface area contributed by atoms with E-state index in [1.54, 1.807) is 49.5 Å². The number of carbonyl (C=O) groups is 2. The Morgan fingerprint density at radius 3 is 2.61 bits per heavy atom. The maximum absolute atomic E-state index is 12.0. The molecule has 0 fully saturated rings. The highest BCUT2D eigenvalue weighted by Gasteiger charge is 2.13. The van der Waals surface area contributed by atoms with E-state index >= 15 is 0 Å². The fourth-order valence-corrected chi connectivity index (χ4v) is 2.14. The lowest BCUT2D eigenvalue weighted by Gasteiger charge is -2.10. The van der Waals surface area contributed by atoms with Gasteiger partial charge >= 0.3 is 5.97 Å². The van der Waals surface area contributed by atoms with Crippen LogP contribution in [0.4, 0.5) is 11.4 Å². The third kappa shape index (κ3) is 4.47. The molecule has 0 aliphatic heterocycles. The van der Waals surface area contributed by atoms with Gasteiger partial charge in [0.1, 0.15) is 0 Å². The predicted octanol–water partition coefficient (Wildman–Crippen LogP) is 3.49. The topological polar surface area (TPSA) is 67.4 Å². The molecule has 0 bridgehead atoms. The molecule has 0 atom stereocenters. The first kappa shape index (κ1) is 16.8. The van der Waals surface area contributed by atoms with Crippen LogP contribution in [-0.4, -0.2) is 25.5 Å². The Kier molecular flexibility index (Phi) is 5.60. The molecule has 0 aliphatic carbocycles. The molecule has 2 aromatic carbocycles. The third-order valence-electron chi connectivity index (χ3n) is 3.21. The average Bonchev–Trinajstić information content (AvgIpc) is 2.56. The second-order valence-electron chi connectivity index (χ2n) is 4.88. The van der Waals surface area contributed by atoms with Crippen molar-refractivity contribution in [3.63, 3.8) is 0 Å². The molecule has 0 radical (unpaired) electrons. The molecule has 0 heterocycles. The van der Waals surface area contributed by atoms with Gasteiger partial charge in [-0.1, -0.05) is 29.8 Å². The van der Waals surface area contributed by atoms with Crippen LogP contribution in [0, 0.1) is 6.92 Å². The molecular formula is C17H17ClN2O3. The van der Waals surface area contributed by atoms with Gasteiger partial charge in [0, 0.05) is 23.4 Å². The maximum Gasteiger partial charge on any atom is 0.340 e. The molecule has 2 N–H and O–H groups in total. The Labute approximate surface area is 139 Å². The molecule has 0 saturated heterocycles. The van der Waals surface area contributed by atoms with Gasteiger partial charge in [-0.25, -0.2) is 4.79 Å². The molecule has 23 heavy (non-hydrogen) atoms. The van der Waals surface area contributed by atoms with E-state index < -0.39 is 11.9 Å². The first-order valence-corrected chi connectivity index (χ1v) is 7.39. The van der Waals surface area contributed by atoms with Crippen LogP contribution < -0.4 is 10.6 Å². The van der Waals surface area contributed by atoms with Crippen molar-refractivity contribution in [2.24, 2.45) is 0 Å². The average molecular weight is 333 g/mol. The van der Waals surface area contributed by atoms with E-state index in [9.17, 15) is 9.59 Å². The number of hydrogen-bond donors (Lipinski definition) is 2. The number of carbonyl (C=O) groups excluding carboxylic acids is 2. The minimum atomic E-state index is -0.563. The molecule has 2 aromatic rings. The molecule has 2 rings (SSSR count). The molecule has 0 spiro atoms. The van der Waals surface area contributed by atoms with Crippen LogP contribution in [-0.2, 0) is 9.53 Å². The van der Waals surface area contributed by atoms with E-state index in [-0.39, 0.29) is 6.61 Å². The number of anilines is 2. The Bertz CT molecular complexity index is 732. The quantitative estimate of drug-likeness (QED) is 0.822. The zero-order valence-electron chi connectivity index (χ0n) is 12.9. The van der Waals surface area contributed by atoms with Crippen molar-refractivity contribution in [2.75, 3.05) is 24.3 Å². The lowest BCUT2D eigenvalue weighted by molar-refractivity contribution is -0.119. The van der Waals surface area contributed by atoms with Crippen molar-refractivity contribution >= 4 is 34.9 Å². The zero-order chi connectivity index (χ0) is 16.8. The summed E-state index contributed by atoms with van der Waals surface area (Å²) >= 11 is 5.99. The van der Waals surface area contributed by atoms with Crippen LogP contribution in [0.5, 0.6) is 0 Å². The summed E-state index contributed by atoms with van der Waals surface area (Å²) in [4.78, 5) is 23.9. The first-order valence-electron chi connectivity index (χ1n) is 7.01. The number of amides is 1. The largest absolute Gasteiger partial charge is 0.452 e. The van der Waals surface area contributed by atoms with Gasteiger partial charge in [0.25, 0.3) is 5.91 Å². The summed E-state index contributed by atoms with van der Waals surface area (Å²) in [6.07, 6.45) is 0. The second-order valence-corrected chi connectivity index (χ2v) is 5.29. The molecule has 1 amide bonds. The van der Waals surface area contributed by atoms with E-state index in [0.29, 0.717) is 22.0 Å². The van der Waals surface area contributed by atoms with Gasteiger partial charge in [-0.05, 0) is 36.8 Å². The zero-order valence-corrected chi connectivity index (χ0v) is 13.6. The van der Waals surface area contributed by atoms with Gasteiger partial charge in [-0.2, -0.15) is 0 Å². The van der Waals surface area contributed by atoms with Crippen LogP contribution in [0.2, 0.25) is 5.02 Å². The van der Waals surface area contributed by atoms with Gasteiger partial charge < -0.3 is 15.4 Å². The number of ether oxygens (including phenoxy) is 1. The van der Waals surface area contributed by atoms with E-state index in [2.05, 4.69) is 10.6 Å². The fraction of sp³-hybridized carbons (Fsp3) is 0.176.